The molecule has 0 fully saturated rings. The number of sulfonamides is 1. The van der Waals surface area contributed by atoms with Gasteiger partial charge in [-0.1, -0.05) is 13.0 Å². The zero-order chi connectivity index (χ0) is 15.6. The molecule has 0 spiro atoms. The van der Waals surface area contributed by atoms with Crippen molar-refractivity contribution >= 4 is 15.9 Å². The molecule has 0 aliphatic heterocycles. The van der Waals surface area contributed by atoms with Crippen molar-refractivity contribution in [2.75, 3.05) is 6.61 Å². The summed E-state index contributed by atoms with van der Waals surface area (Å²) in [5, 5.41) is 9.28. The van der Waals surface area contributed by atoms with Gasteiger partial charge in [-0.05, 0) is 38.0 Å². The minimum absolute atomic E-state index is 0.0509. The number of amides is 1. The first-order valence-corrected chi connectivity index (χ1v) is 7.69. The summed E-state index contributed by atoms with van der Waals surface area (Å²) in [4.78, 5) is 11.2. The maximum Gasteiger partial charge on any atom is 0.249 e. The number of aliphatic hydroxyl groups is 1. The van der Waals surface area contributed by atoms with Crippen molar-refractivity contribution in [1.29, 1.82) is 0 Å². The Morgan fingerprint density at radius 3 is 2.50 bits per heavy atom. The summed E-state index contributed by atoms with van der Waals surface area (Å²) in [6, 6.07) is 4.17. The van der Waals surface area contributed by atoms with E-state index in [0.717, 1.165) is 0 Å². The van der Waals surface area contributed by atoms with Crippen molar-refractivity contribution in [3.63, 3.8) is 0 Å². The van der Waals surface area contributed by atoms with Gasteiger partial charge in [0.2, 0.25) is 15.9 Å². The number of nitrogens with one attached hydrogen (secondary N) is 1. The molecular formula is C13H20N2O4S. The fourth-order valence-corrected chi connectivity index (χ4v) is 3.13. The third-order valence-corrected chi connectivity index (χ3v) is 4.93. The third-order valence-electron chi connectivity index (χ3n) is 3.29. The van der Waals surface area contributed by atoms with E-state index in [9.17, 15) is 18.3 Å². The predicted molar refractivity (Wildman–Crippen MR) is 75.8 cm³/mol. The summed E-state index contributed by atoms with van der Waals surface area (Å²) < 4.78 is 27.0. The molecule has 112 valence electrons. The van der Waals surface area contributed by atoms with Gasteiger partial charge in [0.25, 0.3) is 0 Å². The summed E-state index contributed by atoms with van der Waals surface area (Å²) in [6.07, 6.45) is 0.428. The average Bonchev–Trinajstić information content (AvgIpc) is 2.38. The van der Waals surface area contributed by atoms with Crippen LogP contribution >= 0.6 is 0 Å². The van der Waals surface area contributed by atoms with Crippen molar-refractivity contribution in [3.8, 4) is 0 Å². The van der Waals surface area contributed by atoms with Gasteiger partial charge < -0.3 is 10.8 Å². The molecule has 1 unspecified atom stereocenters. The molecular weight excluding hydrogens is 280 g/mol. The highest BCUT2D eigenvalue weighted by atomic mass is 32.2. The summed E-state index contributed by atoms with van der Waals surface area (Å²) in [7, 11) is -3.83. The molecule has 1 amide bonds. The Hall–Kier alpha value is -1.44. The second kappa shape index (κ2) is 5.90. The molecule has 4 N–H and O–H groups in total. The number of aryl methyl sites for hydroxylation is 1. The number of carbonyl (C=O) groups excluding carboxylic acids is 1. The Morgan fingerprint density at radius 2 is 2.05 bits per heavy atom. The Balaban J connectivity index is 3.23. The van der Waals surface area contributed by atoms with Crippen molar-refractivity contribution in [2.24, 2.45) is 5.73 Å². The zero-order valence-corrected chi connectivity index (χ0v) is 12.6. The van der Waals surface area contributed by atoms with Crippen LogP contribution in [0.25, 0.3) is 0 Å². The van der Waals surface area contributed by atoms with Crippen molar-refractivity contribution in [2.45, 2.75) is 37.6 Å². The van der Waals surface area contributed by atoms with E-state index in [1.54, 1.807) is 20.8 Å². The molecule has 1 aromatic rings. The lowest BCUT2D eigenvalue weighted by molar-refractivity contribution is 0.0999. The monoisotopic (exact) mass is 300 g/mol. The first-order chi connectivity index (χ1) is 9.15. The summed E-state index contributed by atoms with van der Waals surface area (Å²) >= 11 is 0. The van der Waals surface area contributed by atoms with E-state index in [2.05, 4.69) is 4.72 Å². The van der Waals surface area contributed by atoms with E-state index in [1.165, 1.54) is 18.2 Å². The Morgan fingerprint density at radius 1 is 1.45 bits per heavy atom. The highest BCUT2D eigenvalue weighted by molar-refractivity contribution is 7.89. The second-order valence-electron chi connectivity index (χ2n) is 5.02. The van der Waals surface area contributed by atoms with E-state index in [4.69, 9.17) is 5.73 Å². The number of rotatable bonds is 6. The number of hydrogen-bond acceptors (Lipinski definition) is 4. The average molecular weight is 300 g/mol. The molecule has 1 aromatic carbocycles. The lowest BCUT2D eigenvalue weighted by Crippen LogP contribution is -2.48. The summed E-state index contributed by atoms with van der Waals surface area (Å²) in [5.41, 5.74) is 5.03. The van der Waals surface area contributed by atoms with Crippen LogP contribution in [0.15, 0.2) is 23.1 Å². The van der Waals surface area contributed by atoms with Crippen LogP contribution < -0.4 is 10.5 Å². The lowest BCUT2D eigenvalue weighted by atomic mass is 10.0. The standard InChI is InChI=1S/C13H20N2O4S/c1-4-13(3,8-16)15-20(18,19)10-6-5-9(2)11(7-10)12(14)17/h5-7,15-16H,4,8H2,1-3H3,(H2,14,17). The maximum atomic E-state index is 12.3. The second-order valence-corrected chi connectivity index (χ2v) is 6.70. The Bertz CT molecular complexity index is 607. The van der Waals surface area contributed by atoms with Crippen LogP contribution in [-0.4, -0.2) is 31.6 Å². The molecule has 0 saturated carbocycles. The Kier molecular flexibility index (Phi) is 4.90. The lowest BCUT2D eigenvalue weighted by Gasteiger charge is -2.26. The van der Waals surface area contributed by atoms with E-state index in [-0.39, 0.29) is 17.1 Å². The topological polar surface area (TPSA) is 109 Å². The molecule has 0 saturated heterocycles. The fourth-order valence-electron chi connectivity index (χ4n) is 1.63. The minimum Gasteiger partial charge on any atom is -0.394 e. The molecule has 6 nitrogen and oxygen atoms in total. The maximum absolute atomic E-state index is 12.3. The third kappa shape index (κ3) is 3.56. The van der Waals surface area contributed by atoms with Gasteiger partial charge in [0.1, 0.15) is 0 Å². The molecule has 20 heavy (non-hydrogen) atoms. The first kappa shape index (κ1) is 16.6. The number of hydrogen-bond donors (Lipinski definition) is 3. The van der Waals surface area contributed by atoms with Crippen LogP contribution in [0, 0.1) is 6.92 Å². The number of nitrogens with two attached hydrogens (primary N) is 1. The molecule has 1 atom stereocenters. The van der Waals surface area contributed by atoms with Crippen LogP contribution in [0.4, 0.5) is 0 Å². The van der Waals surface area contributed by atoms with Gasteiger partial charge in [0.15, 0.2) is 0 Å². The van der Waals surface area contributed by atoms with Gasteiger partial charge in [-0.15, -0.1) is 0 Å². The Labute approximate surface area is 119 Å². The van der Waals surface area contributed by atoms with Gasteiger partial charge in [-0.3, -0.25) is 4.79 Å². The van der Waals surface area contributed by atoms with Gasteiger partial charge in [-0.2, -0.15) is 0 Å². The quantitative estimate of drug-likeness (QED) is 0.712. The smallest absolute Gasteiger partial charge is 0.249 e. The summed E-state index contributed by atoms with van der Waals surface area (Å²) in [6.45, 7) is 4.72. The molecule has 0 aliphatic rings. The molecule has 0 radical (unpaired) electrons. The zero-order valence-electron chi connectivity index (χ0n) is 11.8. The number of primary amides is 1. The molecule has 0 bridgehead atoms. The van der Waals surface area contributed by atoms with E-state index in [0.29, 0.717) is 12.0 Å². The SMILES string of the molecule is CCC(C)(CO)NS(=O)(=O)c1ccc(C)c(C(N)=O)c1. The molecule has 7 heteroatoms. The molecule has 0 aromatic heterocycles. The van der Waals surface area contributed by atoms with E-state index in [1.807, 2.05) is 0 Å². The van der Waals surface area contributed by atoms with Crippen molar-refractivity contribution in [3.05, 3.63) is 29.3 Å². The number of carbonyl (C=O) groups is 1. The van der Waals surface area contributed by atoms with Crippen LogP contribution in [0.1, 0.15) is 36.2 Å². The first-order valence-electron chi connectivity index (χ1n) is 6.20. The van der Waals surface area contributed by atoms with Crippen LogP contribution in [0.3, 0.4) is 0 Å². The van der Waals surface area contributed by atoms with Crippen LogP contribution in [-0.2, 0) is 10.0 Å². The molecule has 1 rings (SSSR count). The highest BCUT2D eigenvalue weighted by Gasteiger charge is 2.28. The number of benzene rings is 1. The number of aliphatic hydroxyl groups excluding tert-OH is 1. The summed E-state index contributed by atoms with van der Waals surface area (Å²) in [5.74, 6) is -0.681. The minimum atomic E-state index is -3.83. The van der Waals surface area contributed by atoms with Gasteiger partial charge >= 0.3 is 0 Å². The van der Waals surface area contributed by atoms with E-state index < -0.39 is 21.5 Å². The largest absolute Gasteiger partial charge is 0.394 e. The highest BCUT2D eigenvalue weighted by Crippen LogP contribution is 2.18. The fraction of sp³-hybridized carbons (Fsp3) is 0.462. The van der Waals surface area contributed by atoms with Gasteiger partial charge in [0, 0.05) is 5.56 Å². The normalized spacial score (nSPS) is 14.8. The van der Waals surface area contributed by atoms with E-state index >= 15 is 0 Å². The van der Waals surface area contributed by atoms with Crippen LogP contribution in [0.2, 0.25) is 0 Å². The van der Waals surface area contributed by atoms with Crippen molar-refractivity contribution in [1.82, 2.24) is 4.72 Å². The van der Waals surface area contributed by atoms with Crippen LogP contribution in [0.5, 0.6) is 0 Å². The van der Waals surface area contributed by atoms with Crippen molar-refractivity contribution < 1.29 is 18.3 Å². The molecule has 0 heterocycles. The predicted octanol–water partition coefficient (Wildman–Crippen LogP) is 0.533. The molecule has 0 aliphatic carbocycles. The van der Waals surface area contributed by atoms with Gasteiger partial charge in [-0.25, -0.2) is 13.1 Å². The van der Waals surface area contributed by atoms with Gasteiger partial charge in [0.05, 0.1) is 17.0 Å².